The largest absolute Gasteiger partial charge is 0.0648 e. The van der Waals surface area contributed by atoms with Gasteiger partial charge in [0.05, 0.1) is 0 Å². The minimum Gasteiger partial charge on any atom is -0.0648 e. The molecule has 8 aromatic rings. The lowest BCUT2D eigenvalue weighted by atomic mass is 9.92. The molecule has 0 spiro atoms. The molecule has 0 atom stereocenters. The summed E-state index contributed by atoms with van der Waals surface area (Å²) in [5, 5.41) is 0. The topological polar surface area (TPSA) is 0 Å². The smallest absolute Gasteiger partial charge is 0.0000000000000326 e. The number of fused-ring (bicyclic) bond motifs is 4. The molecule has 0 aromatic heterocycles. The Morgan fingerprint density at radius 1 is 0.192 bits per heavy atom. The Morgan fingerprint density at radius 2 is 0.410 bits per heavy atom. The van der Waals surface area contributed by atoms with Crippen LogP contribution in [0.5, 0.6) is 0 Å². The fraction of sp³-hybridized carbons (Fsp3) is 0.0128. The minimum absolute atomic E-state index is 0.687. The van der Waals surface area contributed by atoms with Crippen molar-refractivity contribution < 1.29 is 0 Å². The Balaban J connectivity index is 1.12. The molecule has 0 saturated carbocycles. The maximum atomic E-state index is 3.05. The standard InChI is InChI=1S/C78H38/c1-2-4-6-9-13-17-21-25-61-31-43-67(44-32-61)73-55-75-59-77(57-73)71-51-39-65(40-52-71)29-30-66-41-53-72(54-42-66)78-58-74(68-45-33-62(34-46-68)26-22-18-14-10-7-5-3-1)56-76(60-78)70-49-37-64(38-50-70)28-24-20-16-12-8-11-15-19-23-27-63-35-47-69(75)48-36-63/h23,25-26,28-60H,27H2/b30-29+. The molecule has 0 amide bonds. The van der Waals surface area contributed by atoms with Crippen LogP contribution in [0.15, 0.2) is 320 Å². The van der Waals surface area contributed by atoms with E-state index in [9.17, 15) is 0 Å². The summed E-state index contributed by atoms with van der Waals surface area (Å²) in [6.07, 6.45) is 12.5. The van der Waals surface area contributed by atoms with Gasteiger partial charge < -0.3 is 0 Å². The molecule has 17 rings (SSSR count). The van der Waals surface area contributed by atoms with Crippen LogP contribution in [0.4, 0.5) is 0 Å². The molecule has 0 radical (unpaired) electrons. The van der Waals surface area contributed by atoms with Gasteiger partial charge in [-0.05, 0) is 276 Å². The Labute approximate surface area is 454 Å². The van der Waals surface area contributed by atoms with E-state index in [4.69, 9.17) is 0 Å². The zero-order valence-corrected chi connectivity index (χ0v) is 42.0. The van der Waals surface area contributed by atoms with Crippen molar-refractivity contribution >= 4 is 30.4 Å². The van der Waals surface area contributed by atoms with Crippen LogP contribution in [0.2, 0.25) is 0 Å². The summed E-state index contributed by atoms with van der Waals surface area (Å²) in [6, 6.07) is 64.7. The molecule has 0 N–H and O–H groups in total. The highest BCUT2D eigenvalue weighted by Crippen LogP contribution is 2.36. The summed E-state index contributed by atoms with van der Waals surface area (Å²) in [6.45, 7) is 0. The summed E-state index contributed by atoms with van der Waals surface area (Å²) in [7, 11) is 0. The van der Waals surface area contributed by atoms with Gasteiger partial charge in [0, 0.05) is 0 Å². The monoisotopic (exact) mass is 974 g/mol. The van der Waals surface area contributed by atoms with Crippen LogP contribution in [-0.2, 0) is 6.42 Å². The normalized spacial score (nSPS) is 11.5. The summed E-state index contributed by atoms with van der Waals surface area (Å²) in [5.74, 6) is 0. The van der Waals surface area contributed by atoms with Crippen molar-refractivity contribution in [1.82, 2.24) is 0 Å². The van der Waals surface area contributed by atoms with Crippen LogP contribution in [0.1, 0.15) is 33.4 Å². The van der Waals surface area contributed by atoms with E-state index in [0.29, 0.717) is 6.42 Å². The predicted octanol–water partition coefficient (Wildman–Crippen LogP) is 18.5. The van der Waals surface area contributed by atoms with E-state index in [-0.39, 0.29) is 0 Å². The van der Waals surface area contributed by atoms with E-state index < -0.39 is 0 Å². The maximum Gasteiger partial charge on any atom is -0.0000000000000326 e. The first kappa shape index (κ1) is 49.5. The minimum atomic E-state index is 0.687. The van der Waals surface area contributed by atoms with E-state index in [0.717, 1.165) is 100 Å². The number of hydrogen-bond acceptors (Lipinski definition) is 0. The van der Waals surface area contributed by atoms with Gasteiger partial charge in [-0.3, -0.25) is 0 Å². The van der Waals surface area contributed by atoms with Crippen LogP contribution in [-0.4, -0.2) is 0 Å². The molecule has 0 unspecified atom stereocenters. The zero-order chi connectivity index (χ0) is 52.8. The maximum absolute atomic E-state index is 3.05. The van der Waals surface area contributed by atoms with Crippen LogP contribution in [0, 0.1) is 0 Å². The predicted molar refractivity (Wildman–Crippen MR) is 317 cm³/mol. The molecular weight excluding hydrogens is 937 g/mol. The molecule has 8 aromatic carbocycles. The van der Waals surface area contributed by atoms with Gasteiger partial charge in [0.25, 0.3) is 0 Å². The molecule has 0 aliphatic heterocycles. The zero-order valence-electron chi connectivity index (χ0n) is 42.0. The molecule has 78 heavy (non-hydrogen) atoms. The molecule has 0 heterocycles. The van der Waals surface area contributed by atoms with Crippen LogP contribution in [0.25, 0.3) is 97.1 Å². The summed E-state index contributed by atoms with van der Waals surface area (Å²) in [4.78, 5) is 0. The highest BCUT2D eigenvalue weighted by atomic mass is 14.1. The van der Waals surface area contributed by atoms with Crippen molar-refractivity contribution in [2.24, 2.45) is 0 Å². The van der Waals surface area contributed by atoms with Crippen LogP contribution in [0.3, 0.4) is 0 Å². The lowest BCUT2D eigenvalue weighted by Gasteiger charge is -2.12. The molecule has 0 nitrogen and oxygen atoms in total. The molecule has 350 valence electrons. The van der Waals surface area contributed by atoms with Crippen molar-refractivity contribution in [3.8, 4) is 66.8 Å². The third-order valence-corrected chi connectivity index (χ3v) is 12.3. The van der Waals surface area contributed by atoms with Crippen molar-refractivity contribution in [1.29, 1.82) is 0 Å². The van der Waals surface area contributed by atoms with Gasteiger partial charge in [-0.1, -0.05) is 181 Å². The first-order chi connectivity index (χ1) is 38.6. The molecule has 0 saturated heterocycles. The number of benzene rings is 8. The fourth-order valence-electron chi connectivity index (χ4n) is 8.36. The molecule has 18 bridgehead atoms. The molecule has 9 aliphatic carbocycles. The van der Waals surface area contributed by atoms with Crippen molar-refractivity contribution in [2.45, 2.75) is 6.42 Å². The van der Waals surface area contributed by atoms with E-state index >= 15 is 0 Å². The molecule has 9 aliphatic rings. The Hall–Kier alpha value is -12.1. The van der Waals surface area contributed by atoms with Gasteiger partial charge >= 0.3 is 0 Å². The summed E-state index contributed by atoms with van der Waals surface area (Å²) in [5.41, 5.74) is 83.8. The quantitative estimate of drug-likeness (QED) is 0.133. The van der Waals surface area contributed by atoms with E-state index in [1.54, 1.807) is 0 Å². The van der Waals surface area contributed by atoms with Gasteiger partial charge in [0.1, 0.15) is 0 Å². The molecule has 0 fully saturated rings. The first-order valence-electron chi connectivity index (χ1n) is 24.8. The van der Waals surface area contributed by atoms with Gasteiger partial charge in [-0.15, -0.1) is 0 Å². The second kappa shape index (κ2) is 25.5. The van der Waals surface area contributed by atoms with Crippen LogP contribution < -0.4 is 0 Å². The second-order valence-electron chi connectivity index (χ2n) is 17.5. The van der Waals surface area contributed by atoms with E-state index in [1.807, 2.05) is 24.3 Å². The highest BCUT2D eigenvalue weighted by Gasteiger charge is 2.11. The number of allylic oxidation sites excluding steroid dienone is 1. The Kier molecular flexibility index (Phi) is 16.2. The first-order valence-corrected chi connectivity index (χ1v) is 24.8. The van der Waals surface area contributed by atoms with Gasteiger partial charge in [0.15, 0.2) is 0 Å². The Bertz CT molecular complexity index is 4720. The second-order valence-corrected chi connectivity index (χ2v) is 17.5. The number of hydrogen-bond donors (Lipinski definition) is 0. The third-order valence-electron chi connectivity index (χ3n) is 12.3. The van der Waals surface area contributed by atoms with E-state index in [2.05, 4.69) is 326 Å². The molecule has 0 heteroatoms. The van der Waals surface area contributed by atoms with Crippen molar-refractivity contribution in [2.75, 3.05) is 0 Å². The average molecular weight is 975 g/mol. The van der Waals surface area contributed by atoms with Crippen molar-refractivity contribution in [3.63, 3.8) is 0 Å². The number of rotatable bonds is 0. The Morgan fingerprint density at radius 3 is 0.679 bits per heavy atom. The SMILES string of the molecule is C1=C=C=C=C=C=C=C=Cc2ccc(cc2)-c2cc3cc(c2)-c2ccc(cc2)/C=C/c2ccc(cc2)-c2cc(cc(c2)-c2ccc(cc2)CC=C=C=C=C=C=C=C=C=Cc2ccc-3cc2)-c2ccc(cc2)C=C=C=C=C=C=C=C=1. The third kappa shape index (κ3) is 13.9. The molecular formula is C78H38. The van der Waals surface area contributed by atoms with Crippen LogP contribution >= 0.6 is 0 Å². The van der Waals surface area contributed by atoms with E-state index in [1.165, 1.54) is 0 Å². The van der Waals surface area contributed by atoms with Crippen molar-refractivity contribution in [3.05, 3.63) is 353 Å². The highest BCUT2D eigenvalue weighted by molar-refractivity contribution is 5.84. The average Bonchev–Trinajstić information content (AvgIpc) is 3.51. The van der Waals surface area contributed by atoms with Gasteiger partial charge in [-0.2, -0.15) is 0 Å². The van der Waals surface area contributed by atoms with Gasteiger partial charge in [-0.25, -0.2) is 0 Å². The summed E-state index contributed by atoms with van der Waals surface area (Å²) < 4.78 is 0. The fourth-order valence-corrected chi connectivity index (χ4v) is 8.36. The van der Waals surface area contributed by atoms with Gasteiger partial charge in [0.2, 0.25) is 0 Å². The lowest BCUT2D eigenvalue weighted by Crippen LogP contribution is -1.88. The lowest BCUT2D eigenvalue weighted by molar-refractivity contribution is 1.28. The summed E-state index contributed by atoms with van der Waals surface area (Å²) >= 11 is 0.